The lowest BCUT2D eigenvalue weighted by Crippen LogP contribution is -2.43. The summed E-state index contributed by atoms with van der Waals surface area (Å²) in [4.78, 5) is 12.9. The largest absolute Gasteiger partial charge is 0.416 e. The monoisotopic (exact) mass is 314 g/mol. The lowest BCUT2D eigenvalue weighted by atomic mass is 10.1. The summed E-state index contributed by atoms with van der Waals surface area (Å²) in [6, 6.07) is 3.91. The van der Waals surface area contributed by atoms with Crippen LogP contribution in [0.4, 0.5) is 18.0 Å². The number of carbonyl (C=O) groups excluding carboxylic acids is 1. The minimum atomic E-state index is -4.41. The van der Waals surface area contributed by atoms with E-state index >= 15 is 0 Å². The highest BCUT2D eigenvalue weighted by Crippen LogP contribution is 2.29. The zero-order valence-electron chi connectivity index (χ0n) is 12.2. The molecule has 0 radical (unpaired) electrons. The molecule has 7 heteroatoms. The minimum Gasteiger partial charge on any atom is -0.394 e. The molecule has 2 N–H and O–H groups in total. The summed E-state index contributed by atoms with van der Waals surface area (Å²) in [5, 5.41) is 11.4. The highest BCUT2D eigenvalue weighted by atomic mass is 19.4. The Hall–Kier alpha value is -2.20. The number of rotatable bonds is 3. The minimum absolute atomic E-state index is 0.00241. The summed E-state index contributed by atoms with van der Waals surface area (Å²) in [6.07, 6.45) is -4.41. The summed E-state index contributed by atoms with van der Waals surface area (Å²) in [6.45, 7) is 1.51. The summed E-state index contributed by atoms with van der Waals surface area (Å²) >= 11 is 0. The third-order valence-electron chi connectivity index (χ3n) is 3.00. The SMILES string of the molecule is CC(CO)N(C)C(=O)NCC#Cc1cccc(C(F)(F)F)c1. The van der Waals surface area contributed by atoms with Gasteiger partial charge in [-0.3, -0.25) is 0 Å². The number of nitrogens with one attached hydrogen (secondary N) is 1. The average molecular weight is 314 g/mol. The molecule has 22 heavy (non-hydrogen) atoms. The number of urea groups is 1. The maximum absolute atomic E-state index is 12.5. The van der Waals surface area contributed by atoms with Crippen LogP contribution in [0, 0.1) is 11.8 Å². The number of carbonyl (C=O) groups is 1. The Morgan fingerprint density at radius 3 is 2.73 bits per heavy atom. The maximum atomic E-state index is 12.5. The van der Waals surface area contributed by atoms with E-state index in [-0.39, 0.29) is 24.8 Å². The van der Waals surface area contributed by atoms with E-state index in [1.54, 1.807) is 6.92 Å². The molecule has 0 aliphatic rings. The highest BCUT2D eigenvalue weighted by molar-refractivity contribution is 5.74. The smallest absolute Gasteiger partial charge is 0.394 e. The fourth-order valence-electron chi connectivity index (χ4n) is 1.49. The normalized spacial score (nSPS) is 12.1. The van der Waals surface area contributed by atoms with Crippen LogP contribution in [0.5, 0.6) is 0 Å². The molecule has 0 saturated carbocycles. The first-order chi connectivity index (χ1) is 10.3. The van der Waals surface area contributed by atoms with Gasteiger partial charge >= 0.3 is 12.2 Å². The molecule has 0 aromatic heterocycles. The number of alkyl halides is 3. The molecule has 0 fully saturated rings. The lowest BCUT2D eigenvalue weighted by Gasteiger charge is -2.22. The predicted octanol–water partition coefficient (Wildman–Crippen LogP) is 2.08. The van der Waals surface area contributed by atoms with Crippen LogP contribution in [0.3, 0.4) is 0 Å². The highest BCUT2D eigenvalue weighted by Gasteiger charge is 2.30. The van der Waals surface area contributed by atoms with Gasteiger partial charge < -0.3 is 15.3 Å². The summed E-state index contributed by atoms with van der Waals surface area (Å²) in [5.41, 5.74) is -0.541. The van der Waals surface area contributed by atoms with Crippen LogP contribution >= 0.6 is 0 Å². The molecule has 2 amide bonds. The molecule has 1 atom stereocenters. The number of halogens is 3. The van der Waals surface area contributed by atoms with Crippen LogP contribution in [0.1, 0.15) is 18.1 Å². The van der Waals surface area contributed by atoms with Gasteiger partial charge in [0, 0.05) is 12.6 Å². The topological polar surface area (TPSA) is 52.6 Å². The number of likely N-dealkylation sites (N-methyl/N-ethyl adjacent to an activating group) is 1. The van der Waals surface area contributed by atoms with Gasteiger partial charge in [0.2, 0.25) is 0 Å². The van der Waals surface area contributed by atoms with E-state index in [1.165, 1.54) is 24.1 Å². The van der Waals surface area contributed by atoms with E-state index in [9.17, 15) is 18.0 Å². The second kappa shape index (κ2) is 7.71. The van der Waals surface area contributed by atoms with Crippen LogP contribution in [-0.2, 0) is 6.18 Å². The molecule has 1 unspecified atom stereocenters. The average Bonchev–Trinajstić information content (AvgIpc) is 2.49. The summed E-state index contributed by atoms with van der Waals surface area (Å²) in [7, 11) is 1.52. The molecule has 4 nitrogen and oxygen atoms in total. The Bertz CT molecular complexity index is 576. The number of hydrogen-bond donors (Lipinski definition) is 2. The number of nitrogens with zero attached hydrogens (tertiary/aromatic N) is 1. The van der Waals surface area contributed by atoms with Crippen molar-refractivity contribution in [2.24, 2.45) is 0 Å². The first-order valence-electron chi connectivity index (χ1n) is 6.53. The van der Waals surface area contributed by atoms with Gasteiger partial charge in [-0.2, -0.15) is 13.2 Å². The van der Waals surface area contributed by atoms with E-state index < -0.39 is 17.8 Å². The van der Waals surface area contributed by atoms with Crippen molar-refractivity contribution in [3.63, 3.8) is 0 Å². The Kier molecular flexibility index (Phi) is 6.25. The van der Waals surface area contributed by atoms with Crippen molar-refractivity contribution in [3.05, 3.63) is 35.4 Å². The molecule has 0 aliphatic carbocycles. The fourth-order valence-corrected chi connectivity index (χ4v) is 1.49. The van der Waals surface area contributed by atoms with Crippen molar-refractivity contribution < 1.29 is 23.1 Å². The molecule has 0 aliphatic heterocycles. The number of hydrogen-bond acceptors (Lipinski definition) is 2. The molecule has 0 heterocycles. The predicted molar refractivity (Wildman–Crippen MR) is 76.0 cm³/mol. The summed E-state index contributed by atoms with van der Waals surface area (Å²) in [5.74, 6) is 5.15. The zero-order chi connectivity index (χ0) is 16.8. The van der Waals surface area contributed by atoms with Crippen LogP contribution in [0.15, 0.2) is 24.3 Å². The number of benzene rings is 1. The first-order valence-corrected chi connectivity index (χ1v) is 6.53. The zero-order valence-corrected chi connectivity index (χ0v) is 12.2. The molecule has 0 spiro atoms. The standard InChI is InChI=1S/C15H17F3N2O2/c1-11(10-21)20(2)14(22)19-8-4-6-12-5-3-7-13(9-12)15(16,17)18/h3,5,7,9,11,21H,8,10H2,1-2H3,(H,19,22). The van der Waals surface area contributed by atoms with Crippen LogP contribution in [-0.4, -0.2) is 42.3 Å². The molecule has 120 valence electrons. The molecular weight excluding hydrogens is 297 g/mol. The van der Waals surface area contributed by atoms with Crippen molar-refractivity contribution in [2.75, 3.05) is 20.2 Å². The Labute approximate surface area is 126 Å². The second-order valence-electron chi connectivity index (χ2n) is 4.68. The van der Waals surface area contributed by atoms with Crippen molar-refractivity contribution in [2.45, 2.75) is 19.1 Å². The van der Waals surface area contributed by atoms with Gasteiger partial charge in [-0.15, -0.1) is 0 Å². The van der Waals surface area contributed by atoms with Gasteiger partial charge in [0.25, 0.3) is 0 Å². The van der Waals surface area contributed by atoms with Crippen molar-refractivity contribution in [1.82, 2.24) is 10.2 Å². The van der Waals surface area contributed by atoms with E-state index in [0.29, 0.717) is 0 Å². The van der Waals surface area contributed by atoms with E-state index in [4.69, 9.17) is 5.11 Å². The third-order valence-corrected chi connectivity index (χ3v) is 3.00. The van der Waals surface area contributed by atoms with Gasteiger partial charge in [0.1, 0.15) is 0 Å². The maximum Gasteiger partial charge on any atom is 0.416 e. The van der Waals surface area contributed by atoms with Crippen molar-refractivity contribution >= 4 is 6.03 Å². The fraction of sp³-hybridized carbons (Fsp3) is 0.400. The van der Waals surface area contributed by atoms with Crippen molar-refractivity contribution in [1.29, 1.82) is 0 Å². The van der Waals surface area contributed by atoms with Gasteiger partial charge in [-0.1, -0.05) is 17.9 Å². The number of amides is 2. The van der Waals surface area contributed by atoms with Crippen LogP contribution < -0.4 is 5.32 Å². The Morgan fingerprint density at radius 2 is 2.14 bits per heavy atom. The van der Waals surface area contributed by atoms with Crippen LogP contribution in [0.25, 0.3) is 0 Å². The molecule has 1 rings (SSSR count). The molecule has 0 saturated heterocycles. The van der Waals surface area contributed by atoms with Crippen LogP contribution in [0.2, 0.25) is 0 Å². The van der Waals surface area contributed by atoms with Gasteiger partial charge in [0.15, 0.2) is 0 Å². The quantitative estimate of drug-likeness (QED) is 0.839. The third kappa shape index (κ3) is 5.30. The van der Waals surface area contributed by atoms with E-state index in [0.717, 1.165) is 12.1 Å². The lowest BCUT2D eigenvalue weighted by molar-refractivity contribution is -0.137. The van der Waals surface area contributed by atoms with E-state index in [2.05, 4.69) is 17.2 Å². The van der Waals surface area contributed by atoms with Gasteiger partial charge in [-0.05, 0) is 25.1 Å². The Morgan fingerprint density at radius 1 is 1.45 bits per heavy atom. The number of aliphatic hydroxyl groups excluding tert-OH is 1. The number of aliphatic hydroxyl groups is 1. The molecule has 1 aromatic carbocycles. The Balaban J connectivity index is 2.60. The summed E-state index contributed by atoms with van der Waals surface area (Å²) < 4.78 is 37.6. The molecular formula is C15H17F3N2O2. The molecule has 1 aromatic rings. The molecule has 0 bridgehead atoms. The second-order valence-corrected chi connectivity index (χ2v) is 4.68. The van der Waals surface area contributed by atoms with Gasteiger partial charge in [-0.25, -0.2) is 4.79 Å². The first kappa shape index (κ1) is 17.9. The van der Waals surface area contributed by atoms with E-state index in [1.807, 2.05) is 0 Å². The van der Waals surface area contributed by atoms with Gasteiger partial charge in [0.05, 0.1) is 24.8 Å². The van der Waals surface area contributed by atoms with Crippen molar-refractivity contribution in [3.8, 4) is 11.8 Å².